The Hall–Kier alpha value is -3.11. The van der Waals surface area contributed by atoms with Crippen LogP contribution in [0, 0.1) is 17.5 Å². The second-order valence-corrected chi connectivity index (χ2v) is 7.59. The quantitative estimate of drug-likeness (QED) is 0.347. The zero-order valence-corrected chi connectivity index (χ0v) is 17.1. The van der Waals surface area contributed by atoms with Gasteiger partial charge in [-0.1, -0.05) is 30.8 Å². The van der Waals surface area contributed by atoms with Crippen LogP contribution in [0.2, 0.25) is 0 Å². The maximum atomic E-state index is 13.6. The van der Waals surface area contributed by atoms with Crippen LogP contribution in [-0.2, 0) is 21.5 Å². The predicted octanol–water partition coefficient (Wildman–Crippen LogP) is 3.25. The second kappa shape index (κ2) is 9.80. The largest absolute Gasteiger partial charge is 0.343 e. The number of nitrogens with zero attached hydrogens (tertiary/aromatic N) is 2. The van der Waals surface area contributed by atoms with Crippen molar-refractivity contribution in [3.05, 3.63) is 41.3 Å². The number of anilines is 1. The zero-order valence-electron chi connectivity index (χ0n) is 17.1. The molecule has 2 aromatic rings. The van der Waals surface area contributed by atoms with Crippen molar-refractivity contribution in [3.8, 4) is 0 Å². The van der Waals surface area contributed by atoms with Gasteiger partial charge in [-0.25, -0.2) is 13.2 Å². The number of amides is 2. The molecule has 31 heavy (non-hydrogen) atoms. The minimum Gasteiger partial charge on any atom is -0.343 e. The minimum atomic E-state index is -1.63. The number of nitrogens with one attached hydrogen (secondary N) is 3. The number of hydrazine groups is 1. The van der Waals surface area contributed by atoms with E-state index in [0.29, 0.717) is 18.7 Å². The summed E-state index contributed by atoms with van der Waals surface area (Å²) in [7, 11) is 0. The third-order valence-electron chi connectivity index (χ3n) is 5.21. The number of aryl methyl sites for hydroxylation is 1. The minimum absolute atomic E-state index is 0.0763. The highest BCUT2D eigenvalue weighted by molar-refractivity contribution is 5.77. The number of aromatic nitrogens is 2. The van der Waals surface area contributed by atoms with Gasteiger partial charge >= 0.3 is 0 Å². The topological polar surface area (TPSA) is 109 Å². The van der Waals surface area contributed by atoms with E-state index in [2.05, 4.69) is 26.3 Å². The zero-order chi connectivity index (χ0) is 22.4. The third-order valence-corrected chi connectivity index (χ3v) is 5.21. The molecule has 11 heteroatoms. The Kier molecular flexibility index (Phi) is 7.13. The SMILES string of the molecule is CC(=O)NC1(c2noc(CCC(=O)NNc3ccc(F)c(F)c3F)n2)CCCCCC1. The smallest absolute Gasteiger partial charge is 0.238 e. The number of hydrogen-bond acceptors (Lipinski definition) is 6. The van der Waals surface area contributed by atoms with Gasteiger partial charge in [0, 0.05) is 19.8 Å². The van der Waals surface area contributed by atoms with Gasteiger partial charge in [0.25, 0.3) is 0 Å². The van der Waals surface area contributed by atoms with Gasteiger partial charge < -0.3 is 9.84 Å². The van der Waals surface area contributed by atoms with Crippen LogP contribution in [0.15, 0.2) is 16.7 Å². The van der Waals surface area contributed by atoms with Crippen LogP contribution in [0.25, 0.3) is 0 Å². The van der Waals surface area contributed by atoms with E-state index in [1.165, 1.54) is 6.92 Å². The Labute approximate surface area is 176 Å². The molecule has 1 heterocycles. The summed E-state index contributed by atoms with van der Waals surface area (Å²) in [5.74, 6) is -4.51. The van der Waals surface area contributed by atoms with Crippen molar-refractivity contribution < 1.29 is 27.3 Å². The van der Waals surface area contributed by atoms with Crippen LogP contribution >= 0.6 is 0 Å². The number of hydrogen-bond donors (Lipinski definition) is 3. The molecule has 0 saturated heterocycles. The highest BCUT2D eigenvalue weighted by atomic mass is 19.2. The summed E-state index contributed by atoms with van der Waals surface area (Å²) in [6, 6.07) is 1.71. The molecule has 1 aromatic carbocycles. The Bertz CT molecular complexity index is 942. The Morgan fingerprint density at radius 1 is 1.10 bits per heavy atom. The first kappa shape index (κ1) is 22.6. The highest BCUT2D eigenvalue weighted by Crippen LogP contribution is 2.34. The van der Waals surface area contributed by atoms with Gasteiger partial charge in [-0.15, -0.1) is 0 Å². The van der Waals surface area contributed by atoms with E-state index in [1.54, 1.807) is 0 Å². The van der Waals surface area contributed by atoms with Crippen LogP contribution in [0.1, 0.15) is 63.6 Å². The van der Waals surface area contributed by atoms with Gasteiger partial charge in [-0.05, 0) is 25.0 Å². The first-order valence-electron chi connectivity index (χ1n) is 10.1. The normalized spacial score (nSPS) is 15.7. The fourth-order valence-corrected chi connectivity index (χ4v) is 3.67. The van der Waals surface area contributed by atoms with Gasteiger partial charge in [0.2, 0.25) is 17.7 Å². The van der Waals surface area contributed by atoms with Gasteiger partial charge in [-0.3, -0.25) is 20.4 Å². The number of carbonyl (C=O) groups excluding carboxylic acids is 2. The van der Waals surface area contributed by atoms with Gasteiger partial charge in [-0.2, -0.15) is 4.98 Å². The molecule has 0 unspecified atom stereocenters. The van der Waals surface area contributed by atoms with Crippen molar-refractivity contribution in [1.82, 2.24) is 20.9 Å². The fraction of sp³-hybridized carbons (Fsp3) is 0.500. The summed E-state index contributed by atoms with van der Waals surface area (Å²) in [5, 5.41) is 7.01. The Morgan fingerprint density at radius 2 is 1.81 bits per heavy atom. The summed E-state index contributed by atoms with van der Waals surface area (Å²) >= 11 is 0. The van der Waals surface area contributed by atoms with Gasteiger partial charge in [0.1, 0.15) is 5.54 Å². The molecule has 1 aliphatic carbocycles. The third kappa shape index (κ3) is 5.53. The summed E-state index contributed by atoms with van der Waals surface area (Å²) in [6.45, 7) is 1.45. The van der Waals surface area contributed by atoms with Gasteiger partial charge in [0.15, 0.2) is 23.3 Å². The molecule has 2 amide bonds. The molecule has 0 atom stereocenters. The summed E-state index contributed by atoms with van der Waals surface area (Å²) in [4.78, 5) is 28.1. The monoisotopic (exact) mass is 439 g/mol. The summed E-state index contributed by atoms with van der Waals surface area (Å²) in [5.41, 5.74) is 3.33. The molecular formula is C20H24F3N5O3. The second-order valence-electron chi connectivity index (χ2n) is 7.59. The molecule has 1 saturated carbocycles. The lowest BCUT2D eigenvalue weighted by Gasteiger charge is -2.30. The van der Waals surface area contributed by atoms with Crippen molar-refractivity contribution in [2.75, 3.05) is 5.43 Å². The number of rotatable bonds is 7. The molecule has 0 spiro atoms. The standard InChI is InChI=1S/C20H24F3N5O3/c1-12(29)25-20(10-4-2-3-5-11-20)19-24-16(31-28-19)9-8-15(30)27-26-14-7-6-13(21)17(22)18(14)23/h6-7,26H,2-5,8-11H2,1H3,(H,25,29)(H,27,30). The Morgan fingerprint density at radius 3 is 2.48 bits per heavy atom. The van der Waals surface area contributed by atoms with Crippen LogP contribution in [0.3, 0.4) is 0 Å². The first-order chi connectivity index (χ1) is 14.8. The maximum absolute atomic E-state index is 13.6. The molecule has 0 aliphatic heterocycles. The van der Waals surface area contributed by atoms with Crippen LogP contribution in [0.4, 0.5) is 18.9 Å². The van der Waals surface area contributed by atoms with Crippen molar-refractivity contribution in [2.24, 2.45) is 0 Å². The molecule has 3 rings (SSSR count). The van der Waals surface area contributed by atoms with E-state index in [1.807, 2.05) is 0 Å². The maximum Gasteiger partial charge on any atom is 0.238 e. The van der Waals surface area contributed by atoms with Crippen molar-refractivity contribution in [2.45, 2.75) is 63.8 Å². The molecule has 168 valence electrons. The van der Waals surface area contributed by atoms with Gasteiger partial charge in [0.05, 0.1) is 5.69 Å². The van der Waals surface area contributed by atoms with Crippen LogP contribution in [0.5, 0.6) is 0 Å². The summed E-state index contributed by atoms with van der Waals surface area (Å²) < 4.78 is 45.0. The fourth-order valence-electron chi connectivity index (χ4n) is 3.67. The van der Waals surface area contributed by atoms with E-state index >= 15 is 0 Å². The lowest BCUT2D eigenvalue weighted by atomic mass is 9.89. The molecule has 0 radical (unpaired) electrons. The van der Waals surface area contributed by atoms with E-state index in [-0.39, 0.29) is 24.6 Å². The average Bonchev–Trinajstić information content (AvgIpc) is 3.10. The molecule has 1 fully saturated rings. The lowest BCUT2D eigenvalue weighted by molar-refractivity contribution is -0.121. The van der Waals surface area contributed by atoms with Crippen molar-refractivity contribution >= 4 is 17.5 Å². The molecule has 8 nitrogen and oxygen atoms in total. The lowest BCUT2D eigenvalue weighted by Crippen LogP contribution is -2.45. The van der Waals surface area contributed by atoms with Crippen LogP contribution < -0.4 is 16.2 Å². The van der Waals surface area contributed by atoms with E-state index in [0.717, 1.165) is 37.8 Å². The van der Waals surface area contributed by atoms with E-state index < -0.39 is 34.6 Å². The summed E-state index contributed by atoms with van der Waals surface area (Å²) in [6.07, 6.45) is 5.43. The number of benzene rings is 1. The number of halogens is 3. The molecule has 1 aliphatic rings. The van der Waals surface area contributed by atoms with E-state index in [9.17, 15) is 22.8 Å². The first-order valence-corrected chi connectivity index (χ1v) is 10.1. The highest BCUT2D eigenvalue weighted by Gasteiger charge is 2.38. The number of carbonyl (C=O) groups is 2. The van der Waals surface area contributed by atoms with Crippen LogP contribution in [-0.4, -0.2) is 22.0 Å². The van der Waals surface area contributed by atoms with E-state index in [4.69, 9.17) is 4.52 Å². The molecule has 1 aromatic heterocycles. The molecule has 0 bridgehead atoms. The van der Waals surface area contributed by atoms with Crippen molar-refractivity contribution in [3.63, 3.8) is 0 Å². The Balaban J connectivity index is 1.58. The molecule has 3 N–H and O–H groups in total. The predicted molar refractivity (Wildman–Crippen MR) is 104 cm³/mol. The average molecular weight is 439 g/mol. The van der Waals surface area contributed by atoms with Crippen molar-refractivity contribution in [1.29, 1.82) is 0 Å². The molecular weight excluding hydrogens is 415 g/mol.